The van der Waals surface area contributed by atoms with Crippen molar-refractivity contribution in [2.24, 2.45) is 5.73 Å². The number of alkyl halides is 2. The van der Waals surface area contributed by atoms with Crippen LogP contribution in [0.3, 0.4) is 0 Å². The number of primary amides is 1. The number of amides is 1. The van der Waals surface area contributed by atoms with Gasteiger partial charge in [0.15, 0.2) is 0 Å². The average molecular weight is 327 g/mol. The number of carbonyl (C=O) groups is 1. The lowest BCUT2D eigenvalue weighted by molar-refractivity contribution is -0.119. The number of hydrogen-bond donors (Lipinski definition) is 1. The predicted octanol–water partition coefficient (Wildman–Crippen LogP) is 1.51. The number of hydrogen-bond acceptors (Lipinski definition) is 4. The molecule has 0 spiro atoms. The van der Waals surface area contributed by atoms with Crippen LogP contribution in [-0.4, -0.2) is 55.0 Å². The Morgan fingerprint density at radius 1 is 1.17 bits per heavy atom. The summed E-state index contributed by atoms with van der Waals surface area (Å²) in [5, 5.41) is 0. The number of benzene rings is 1. The number of nitrogens with two attached hydrogens (primary N) is 1. The van der Waals surface area contributed by atoms with Gasteiger partial charge in [-0.05, 0) is 31.0 Å². The van der Waals surface area contributed by atoms with Crippen LogP contribution in [0, 0.1) is 13.8 Å². The van der Waals surface area contributed by atoms with E-state index in [2.05, 4.69) is 9.64 Å². The van der Waals surface area contributed by atoms with Gasteiger partial charge >= 0.3 is 6.61 Å². The fourth-order valence-corrected chi connectivity index (χ4v) is 2.75. The smallest absolute Gasteiger partial charge is 0.387 e. The summed E-state index contributed by atoms with van der Waals surface area (Å²) in [7, 11) is 0. The van der Waals surface area contributed by atoms with Crippen LogP contribution in [0.2, 0.25) is 0 Å². The molecule has 1 amide bonds. The molecule has 0 saturated carbocycles. The van der Waals surface area contributed by atoms with Crippen molar-refractivity contribution in [3.8, 4) is 5.75 Å². The predicted molar refractivity (Wildman–Crippen MR) is 83.5 cm³/mol. The minimum absolute atomic E-state index is 0.239. The maximum atomic E-state index is 12.6. The van der Waals surface area contributed by atoms with Crippen LogP contribution in [-0.2, 0) is 11.3 Å². The maximum Gasteiger partial charge on any atom is 0.387 e. The normalized spacial score (nSPS) is 16.7. The molecule has 0 unspecified atom stereocenters. The third-order valence-electron chi connectivity index (χ3n) is 4.13. The monoisotopic (exact) mass is 327 g/mol. The van der Waals surface area contributed by atoms with Crippen LogP contribution in [0.1, 0.15) is 16.7 Å². The Hall–Kier alpha value is -1.73. The van der Waals surface area contributed by atoms with E-state index in [1.54, 1.807) is 6.07 Å². The number of ether oxygens (including phenoxy) is 1. The summed E-state index contributed by atoms with van der Waals surface area (Å²) in [4.78, 5) is 15.1. The van der Waals surface area contributed by atoms with Crippen LogP contribution >= 0.6 is 0 Å². The standard InChI is InChI=1S/C16H23F2N3O2/c1-11-7-13(14(8-12(11)2)23-16(17)18)9-20-3-5-21(6-4-20)10-15(19)22/h7-8,16H,3-6,9-10H2,1-2H3,(H2,19,22). The Morgan fingerprint density at radius 2 is 1.74 bits per heavy atom. The first-order chi connectivity index (χ1) is 10.8. The molecule has 1 fully saturated rings. The SMILES string of the molecule is Cc1cc(CN2CCN(CC(N)=O)CC2)c(OC(F)F)cc1C. The van der Waals surface area contributed by atoms with Crippen molar-refractivity contribution in [3.63, 3.8) is 0 Å². The summed E-state index contributed by atoms with van der Waals surface area (Å²) in [5.41, 5.74) is 7.93. The van der Waals surface area contributed by atoms with E-state index in [4.69, 9.17) is 5.73 Å². The Kier molecular flexibility index (Phi) is 5.90. The van der Waals surface area contributed by atoms with Crippen molar-refractivity contribution in [1.82, 2.24) is 9.80 Å². The largest absolute Gasteiger partial charge is 0.434 e. The molecule has 0 atom stereocenters. The van der Waals surface area contributed by atoms with Crippen LogP contribution in [0.4, 0.5) is 8.78 Å². The van der Waals surface area contributed by atoms with E-state index in [-0.39, 0.29) is 18.2 Å². The molecule has 1 aromatic carbocycles. The Balaban J connectivity index is 2.02. The molecular formula is C16H23F2N3O2. The first kappa shape index (κ1) is 17.6. The topological polar surface area (TPSA) is 58.8 Å². The van der Waals surface area contributed by atoms with Crippen molar-refractivity contribution >= 4 is 5.91 Å². The molecule has 0 aliphatic carbocycles. The van der Waals surface area contributed by atoms with Crippen molar-refractivity contribution < 1.29 is 18.3 Å². The van der Waals surface area contributed by atoms with E-state index in [9.17, 15) is 13.6 Å². The lowest BCUT2D eigenvalue weighted by Crippen LogP contribution is -2.48. The number of halogens is 2. The fraction of sp³-hybridized carbons (Fsp3) is 0.562. The molecule has 1 heterocycles. The molecule has 1 aliphatic heterocycles. The fourth-order valence-electron chi connectivity index (χ4n) is 2.75. The van der Waals surface area contributed by atoms with Gasteiger partial charge in [-0.3, -0.25) is 14.6 Å². The van der Waals surface area contributed by atoms with Gasteiger partial charge in [0.1, 0.15) is 5.75 Å². The van der Waals surface area contributed by atoms with E-state index < -0.39 is 6.61 Å². The second-order valence-electron chi connectivity index (χ2n) is 5.94. The summed E-state index contributed by atoms with van der Waals surface area (Å²) in [5.74, 6) is -0.0945. The number of piperazine rings is 1. The van der Waals surface area contributed by atoms with Gasteiger partial charge in [-0.15, -0.1) is 0 Å². The van der Waals surface area contributed by atoms with Gasteiger partial charge < -0.3 is 10.5 Å². The molecule has 1 saturated heterocycles. The molecule has 0 bridgehead atoms. The third kappa shape index (κ3) is 5.14. The second-order valence-corrected chi connectivity index (χ2v) is 5.94. The number of nitrogens with zero attached hydrogens (tertiary/aromatic N) is 2. The third-order valence-corrected chi connectivity index (χ3v) is 4.13. The zero-order valence-electron chi connectivity index (χ0n) is 13.5. The van der Waals surface area contributed by atoms with E-state index >= 15 is 0 Å². The van der Waals surface area contributed by atoms with E-state index in [0.717, 1.165) is 42.9 Å². The van der Waals surface area contributed by atoms with Gasteiger partial charge in [-0.25, -0.2) is 0 Å². The van der Waals surface area contributed by atoms with Crippen molar-refractivity contribution in [3.05, 3.63) is 28.8 Å². The van der Waals surface area contributed by atoms with Crippen molar-refractivity contribution in [1.29, 1.82) is 0 Å². The molecule has 2 N–H and O–H groups in total. The molecule has 5 nitrogen and oxygen atoms in total. The Morgan fingerprint density at radius 3 is 2.30 bits per heavy atom. The van der Waals surface area contributed by atoms with Crippen molar-refractivity contribution in [2.45, 2.75) is 27.0 Å². The molecular weight excluding hydrogens is 304 g/mol. The van der Waals surface area contributed by atoms with Crippen LogP contribution in [0.5, 0.6) is 5.75 Å². The van der Waals surface area contributed by atoms with Gasteiger partial charge in [-0.1, -0.05) is 6.07 Å². The quantitative estimate of drug-likeness (QED) is 0.860. The van der Waals surface area contributed by atoms with Crippen LogP contribution < -0.4 is 10.5 Å². The van der Waals surface area contributed by atoms with E-state index in [0.29, 0.717) is 6.54 Å². The van der Waals surface area contributed by atoms with Gasteiger partial charge in [-0.2, -0.15) is 8.78 Å². The number of carbonyl (C=O) groups excluding carboxylic acids is 1. The molecule has 7 heteroatoms. The average Bonchev–Trinajstić information content (AvgIpc) is 2.45. The number of aryl methyl sites for hydroxylation is 2. The maximum absolute atomic E-state index is 12.6. The summed E-state index contributed by atoms with van der Waals surface area (Å²) in [6.07, 6.45) is 0. The zero-order chi connectivity index (χ0) is 17.0. The molecule has 1 aromatic rings. The minimum atomic E-state index is -2.83. The zero-order valence-corrected chi connectivity index (χ0v) is 13.5. The van der Waals surface area contributed by atoms with Crippen LogP contribution in [0.25, 0.3) is 0 Å². The molecule has 0 aromatic heterocycles. The van der Waals surface area contributed by atoms with Gasteiger partial charge in [0.2, 0.25) is 5.91 Å². The van der Waals surface area contributed by atoms with E-state index in [1.165, 1.54) is 0 Å². The Labute approximate surface area is 135 Å². The highest BCUT2D eigenvalue weighted by molar-refractivity contribution is 5.75. The highest BCUT2D eigenvalue weighted by Crippen LogP contribution is 2.26. The first-order valence-corrected chi connectivity index (χ1v) is 7.63. The number of rotatable bonds is 6. The first-order valence-electron chi connectivity index (χ1n) is 7.63. The Bertz CT molecular complexity index is 559. The second kappa shape index (κ2) is 7.70. The summed E-state index contributed by atoms with van der Waals surface area (Å²) in [6, 6.07) is 3.57. The van der Waals surface area contributed by atoms with Gasteiger partial charge in [0, 0.05) is 38.3 Å². The van der Waals surface area contributed by atoms with Gasteiger partial charge in [0.05, 0.1) is 6.54 Å². The summed E-state index contributed by atoms with van der Waals surface area (Å²) in [6.45, 7) is 4.80. The molecule has 128 valence electrons. The lowest BCUT2D eigenvalue weighted by Gasteiger charge is -2.34. The van der Waals surface area contributed by atoms with E-state index in [1.807, 2.05) is 24.8 Å². The lowest BCUT2D eigenvalue weighted by atomic mass is 10.0. The van der Waals surface area contributed by atoms with Crippen molar-refractivity contribution in [2.75, 3.05) is 32.7 Å². The summed E-state index contributed by atoms with van der Waals surface area (Å²) >= 11 is 0. The molecule has 1 aliphatic rings. The highest BCUT2D eigenvalue weighted by Gasteiger charge is 2.20. The van der Waals surface area contributed by atoms with Gasteiger partial charge in [0.25, 0.3) is 0 Å². The highest BCUT2D eigenvalue weighted by atomic mass is 19.3. The molecule has 23 heavy (non-hydrogen) atoms. The minimum Gasteiger partial charge on any atom is -0.434 e. The molecule has 0 radical (unpaired) electrons. The summed E-state index contributed by atoms with van der Waals surface area (Å²) < 4.78 is 29.9. The molecule has 2 rings (SSSR count). The van der Waals surface area contributed by atoms with Crippen LogP contribution in [0.15, 0.2) is 12.1 Å².